The standard InChI is InChI=1S/C13H17Cl2F2N3O/c1-4-18-13(20(2)3)19-7-8-5-9(14)6-10(15)11(8)21-12(16)17/h5-6,12H,4,7H2,1-3H3,(H,18,19). The highest BCUT2D eigenvalue weighted by Gasteiger charge is 2.15. The van der Waals surface area contributed by atoms with Crippen molar-refractivity contribution in [3.8, 4) is 5.75 Å². The normalized spacial score (nSPS) is 11.7. The highest BCUT2D eigenvalue weighted by atomic mass is 35.5. The van der Waals surface area contributed by atoms with E-state index in [1.54, 1.807) is 4.90 Å². The Hall–Kier alpha value is -1.27. The van der Waals surface area contributed by atoms with Crippen LogP contribution in [0, 0.1) is 0 Å². The molecular formula is C13H17Cl2F2N3O. The Morgan fingerprint density at radius 2 is 2.05 bits per heavy atom. The molecule has 1 N–H and O–H groups in total. The minimum atomic E-state index is -2.96. The van der Waals surface area contributed by atoms with E-state index in [9.17, 15) is 8.78 Å². The summed E-state index contributed by atoms with van der Waals surface area (Å²) in [5.41, 5.74) is 0.394. The molecule has 1 rings (SSSR count). The third-order valence-corrected chi connectivity index (χ3v) is 2.95. The molecule has 0 amide bonds. The van der Waals surface area contributed by atoms with E-state index in [0.29, 0.717) is 23.1 Å². The summed E-state index contributed by atoms with van der Waals surface area (Å²) in [6, 6.07) is 2.86. The van der Waals surface area contributed by atoms with Crippen molar-refractivity contribution in [2.45, 2.75) is 20.1 Å². The largest absolute Gasteiger partial charge is 0.433 e. The molecule has 0 aliphatic rings. The summed E-state index contributed by atoms with van der Waals surface area (Å²) in [6.45, 7) is -0.231. The molecule has 0 aliphatic heterocycles. The summed E-state index contributed by atoms with van der Waals surface area (Å²) in [5, 5.41) is 3.43. The average Bonchev–Trinajstić information content (AvgIpc) is 2.37. The minimum Gasteiger partial charge on any atom is -0.433 e. The van der Waals surface area contributed by atoms with Gasteiger partial charge in [0.2, 0.25) is 0 Å². The molecule has 1 aromatic rings. The number of ether oxygens (including phenoxy) is 1. The van der Waals surface area contributed by atoms with Crippen molar-refractivity contribution < 1.29 is 13.5 Å². The van der Waals surface area contributed by atoms with Gasteiger partial charge in [0, 0.05) is 31.2 Å². The summed E-state index contributed by atoms with van der Waals surface area (Å²) in [7, 11) is 3.64. The number of aliphatic imine (C=N–C) groups is 1. The van der Waals surface area contributed by atoms with E-state index in [-0.39, 0.29) is 17.3 Å². The van der Waals surface area contributed by atoms with Gasteiger partial charge in [0.05, 0.1) is 11.6 Å². The molecule has 0 heterocycles. The van der Waals surface area contributed by atoms with Gasteiger partial charge in [0.1, 0.15) is 5.75 Å². The summed E-state index contributed by atoms with van der Waals surface area (Å²) in [5.74, 6) is 0.519. The van der Waals surface area contributed by atoms with E-state index in [0.717, 1.165) is 0 Å². The molecule has 8 heteroatoms. The number of guanidine groups is 1. The van der Waals surface area contributed by atoms with Crippen molar-refractivity contribution in [1.82, 2.24) is 10.2 Å². The van der Waals surface area contributed by atoms with Crippen molar-refractivity contribution in [1.29, 1.82) is 0 Å². The van der Waals surface area contributed by atoms with Gasteiger partial charge in [0.15, 0.2) is 5.96 Å². The summed E-state index contributed by atoms with van der Waals surface area (Å²) >= 11 is 11.8. The van der Waals surface area contributed by atoms with Crippen LogP contribution in [0.25, 0.3) is 0 Å². The third-order valence-electron chi connectivity index (χ3n) is 2.45. The van der Waals surface area contributed by atoms with Crippen LogP contribution < -0.4 is 10.1 Å². The lowest BCUT2D eigenvalue weighted by molar-refractivity contribution is -0.0503. The SMILES string of the molecule is CCNC(=NCc1cc(Cl)cc(Cl)c1OC(F)F)N(C)C. The topological polar surface area (TPSA) is 36.9 Å². The number of nitrogens with zero attached hydrogens (tertiary/aromatic N) is 2. The number of rotatable bonds is 5. The Morgan fingerprint density at radius 1 is 1.38 bits per heavy atom. The van der Waals surface area contributed by atoms with E-state index in [1.165, 1.54) is 12.1 Å². The monoisotopic (exact) mass is 339 g/mol. The Morgan fingerprint density at radius 3 is 2.57 bits per heavy atom. The molecule has 0 aliphatic carbocycles. The quantitative estimate of drug-likeness (QED) is 0.657. The van der Waals surface area contributed by atoms with Crippen LogP contribution in [0.2, 0.25) is 10.0 Å². The van der Waals surface area contributed by atoms with E-state index < -0.39 is 6.61 Å². The van der Waals surface area contributed by atoms with Crippen molar-refractivity contribution in [3.05, 3.63) is 27.7 Å². The fourth-order valence-electron chi connectivity index (χ4n) is 1.63. The van der Waals surface area contributed by atoms with Gasteiger partial charge in [0.25, 0.3) is 0 Å². The number of hydrogen-bond acceptors (Lipinski definition) is 2. The van der Waals surface area contributed by atoms with E-state index >= 15 is 0 Å². The predicted octanol–water partition coefficient (Wildman–Crippen LogP) is 3.62. The van der Waals surface area contributed by atoms with E-state index in [4.69, 9.17) is 23.2 Å². The lowest BCUT2D eigenvalue weighted by atomic mass is 10.2. The smallest absolute Gasteiger partial charge is 0.387 e. The molecule has 21 heavy (non-hydrogen) atoms. The number of benzene rings is 1. The van der Waals surface area contributed by atoms with Crippen molar-refractivity contribution >= 4 is 29.2 Å². The predicted molar refractivity (Wildman–Crippen MR) is 81.6 cm³/mol. The Bertz CT molecular complexity index is 510. The van der Waals surface area contributed by atoms with Gasteiger partial charge in [-0.25, -0.2) is 4.99 Å². The first-order valence-electron chi connectivity index (χ1n) is 6.23. The molecule has 118 valence electrons. The van der Waals surface area contributed by atoms with Crippen LogP contribution in [-0.4, -0.2) is 38.1 Å². The van der Waals surface area contributed by atoms with Gasteiger partial charge in [-0.05, 0) is 19.1 Å². The van der Waals surface area contributed by atoms with Crippen LogP contribution in [0.3, 0.4) is 0 Å². The second-order valence-electron chi connectivity index (χ2n) is 4.32. The van der Waals surface area contributed by atoms with Gasteiger partial charge in [-0.2, -0.15) is 8.78 Å². The van der Waals surface area contributed by atoms with Crippen molar-refractivity contribution in [2.24, 2.45) is 4.99 Å². The van der Waals surface area contributed by atoms with Crippen LogP contribution in [0.4, 0.5) is 8.78 Å². The second kappa shape index (κ2) is 8.24. The van der Waals surface area contributed by atoms with Crippen LogP contribution in [0.1, 0.15) is 12.5 Å². The molecule has 0 saturated heterocycles. The van der Waals surface area contributed by atoms with Gasteiger partial charge < -0.3 is 15.0 Å². The van der Waals surface area contributed by atoms with Gasteiger partial charge in [-0.15, -0.1) is 0 Å². The highest BCUT2D eigenvalue weighted by molar-refractivity contribution is 6.35. The summed E-state index contributed by atoms with van der Waals surface area (Å²) in [4.78, 5) is 6.10. The molecule has 0 aromatic heterocycles. The molecule has 0 saturated carbocycles. The van der Waals surface area contributed by atoms with Gasteiger partial charge in [-0.3, -0.25) is 0 Å². The Balaban J connectivity index is 3.08. The number of nitrogens with one attached hydrogen (secondary N) is 1. The molecule has 1 aromatic carbocycles. The van der Waals surface area contributed by atoms with Crippen LogP contribution in [0.5, 0.6) is 5.75 Å². The molecule has 0 spiro atoms. The first-order valence-corrected chi connectivity index (χ1v) is 6.99. The van der Waals surface area contributed by atoms with E-state index in [1.807, 2.05) is 21.0 Å². The second-order valence-corrected chi connectivity index (χ2v) is 5.16. The van der Waals surface area contributed by atoms with Gasteiger partial charge >= 0.3 is 6.61 Å². The van der Waals surface area contributed by atoms with Gasteiger partial charge in [-0.1, -0.05) is 23.2 Å². The van der Waals surface area contributed by atoms with E-state index in [2.05, 4.69) is 15.0 Å². The zero-order valence-corrected chi connectivity index (χ0v) is 13.5. The Labute approximate surface area is 132 Å². The lowest BCUT2D eigenvalue weighted by Gasteiger charge is -2.17. The molecular weight excluding hydrogens is 323 g/mol. The third kappa shape index (κ3) is 5.55. The number of halogens is 4. The maximum atomic E-state index is 12.5. The number of hydrogen-bond donors (Lipinski definition) is 1. The van der Waals surface area contributed by atoms with Crippen LogP contribution >= 0.6 is 23.2 Å². The molecule has 0 atom stereocenters. The Kier molecular flexibility index (Phi) is 6.98. The zero-order valence-electron chi connectivity index (χ0n) is 12.0. The summed E-state index contributed by atoms with van der Waals surface area (Å²) in [6.07, 6.45) is 0. The molecule has 0 bridgehead atoms. The molecule has 0 fully saturated rings. The van der Waals surface area contributed by atoms with Crippen LogP contribution in [0.15, 0.2) is 17.1 Å². The molecule has 4 nitrogen and oxygen atoms in total. The van der Waals surface area contributed by atoms with Crippen LogP contribution in [-0.2, 0) is 6.54 Å². The fraction of sp³-hybridized carbons (Fsp3) is 0.462. The fourth-order valence-corrected chi connectivity index (χ4v) is 2.21. The summed E-state index contributed by atoms with van der Waals surface area (Å²) < 4.78 is 29.4. The molecule has 0 unspecified atom stereocenters. The maximum absolute atomic E-state index is 12.5. The highest BCUT2D eigenvalue weighted by Crippen LogP contribution is 2.34. The number of alkyl halides is 2. The van der Waals surface area contributed by atoms with Crippen molar-refractivity contribution in [2.75, 3.05) is 20.6 Å². The zero-order chi connectivity index (χ0) is 16.0. The average molecular weight is 340 g/mol. The molecule has 0 radical (unpaired) electrons. The first kappa shape index (κ1) is 17.8. The lowest BCUT2D eigenvalue weighted by Crippen LogP contribution is -2.36. The maximum Gasteiger partial charge on any atom is 0.387 e. The first-order chi connectivity index (χ1) is 9.85. The minimum absolute atomic E-state index is 0.0304. The van der Waals surface area contributed by atoms with Crippen molar-refractivity contribution in [3.63, 3.8) is 0 Å².